The van der Waals surface area contributed by atoms with Gasteiger partial charge in [-0.2, -0.15) is 0 Å². The fourth-order valence-corrected chi connectivity index (χ4v) is 9.63. The average Bonchev–Trinajstić information content (AvgIpc) is 3.40. The maximum Gasteiger partial charge on any atom is 0.161 e. The van der Waals surface area contributed by atoms with Crippen molar-refractivity contribution in [1.29, 1.82) is 0 Å². The molecule has 0 atom stereocenters. The van der Waals surface area contributed by atoms with E-state index < -0.39 is 0 Å². The molecule has 0 fully saturated rings. The number of para-hydroxylation sites is 4. The van der Waals surface area contributed by atoms with Gasteiger partial charge in [-0.05, 0) is 119 Å². The number of rotatable bonds is 14. The summed E-state index contributed by atoms with van der Waals surface area (Å²) in [6, 6.07) is 66.3. The summed E-state index contributed by atoms with van der Waals surface area (Å²) in [6.45, 7) is 12.3. The molecular formula is C62H60N4O4. The molecule has 0 amide bonds. The monoisotopic (exact) mass is 924 g/mol. The lowest BCUT2D eigenvalue weighted by Gasteiger charge is -2.33. The van der Waals surface area contributed by atoms with Crippen LogP contribution in [0.3, 0.4) is 0 Å². The Kier molecular flexibility index (Phi) is 12.7. The summed E-state index contributed by atoms with van der Waals surface area (Å²) in [4.78, 5) is 8.81. The first kappa shape index (κ1) is 45.7. The van der Waals surface area contributed by atoms with Gasteiger partial charge in [0.1, 0.15) is 23.0 Å². The molecule has 0 unspecified atom stereocenters. The highest BCUT2D eigenvalue weighted by Gasteiger charge is 2.29. The van der Waals surface area contributed by atoms with Gasteiger partial charge in [0.05, 0.1) is 13.1 Å². The Morgan fingerprint density at radius 1 is 0.443 bits per heavy atom. The van der Waals surface area contributed by atoms with Crippen molar-refractivity contribution in [2.75, 3.05) is 33.1 Å². The molecule has 0 aliphatic carbocycles. The number of aromatic hydroxyl groups is 2. The fraction of sp³-hybridized carbons (Fsp3) is 0.194. The molecule has 2 N–H and O–H groups in total. The van der Waals surface area contributed by atoms with Crippen LogP contribution in [0.15, 0.2) is 207 Å². The molecule has 2 aliphatic rings. The van der Waals surface area contributed by atoms with Crippen LogP contribution in [0.5, 0.6) is 23.0 Å². The van der Waals surface area contributed by atoms with E-state index in [1.165, 1.54) is 11.1 Å². The van der Waals surface area contributed by atoms with Crippen molar-refractivity contribution in [2.45, 2.75) is 64.7 Å². The lowest BCUT2D eigenvalue weighted by molar-refractivity contribution is 0.289. The molecule has 0 saturated carbocycles. The van der Waals surface area contributed by atoms with E-state index in [4.69, 9.17) is 9.47 Å². The fourth-order valence-electron chi connectivity index (χ4n) is 9.63. The third-order valence-electron chi connectivity index (χ3n) is 14.2. The Morgan fingerprint density at radius 2 is 0.786 bits per heavy atom. The predicted octanol–water partition coefficient (Wildman–Crippen LogP) is 13.6. The highest BCUT2D eigenvalue weighted by Crippen LogP contribution is 2.40. The van der Waals surface area contributed by atoms with Gasteiger partial charge in [0.2, 0.25) is 0 Å². The van der Waals surface area contributed by atoms with Crippen LogP contribution in [0.25, 0.3) is 0 Å². The average molecular weight is 925 g/mol. The minimum absolute atomic E-state index is 0.232. The van der Waals surface area contributed by atoms with E-state index >= 15 is 0 Å². The van der Waals surface area contributed by atoms with Crippen LogP contribution < -0.4 is 29.1 Å². The molecule has 8 aromatic carbocycles. The van der Waals surface area contributed by atoms with Crippen LogP contribution in [-0.2, 0) is 37.0 Å². The van der Waals surface area contributed by atoms with Gasteiger partial charge in [-0.3, -0.25) is 0 Å². The van der Waals surface area contributed by atoms with Gasteiger partial charge < -0.3 is 39.3 Å². The Labute approximate surface area is 412 Å². The second-order valence-electron chi connectivity index (χ2n) is 19.4. The molecule has 2 heterocycles. The molecule has 10 rings (SSSR count). The Bertz CT molecular complexity index is 2890. The highest BCUT2D eigenvalue weighted by atomic mass is 16.5. The summed E-state index contributed by atoms with van der Waals surface area (Å²) in [5.41, 5.74) is 11.9. The summed E-state index contributed by atoms with van der Waals surface area (Å²) in [6.07, 6.45) is 4.14. The van der Waals surface area contributed by atoms with Crippen molar-refractivity contribution in [2.24, 2.45) is 0 Å². The third kappa shape index (κ3) is 9.63. The van der Waals surface area contributed by atoms with Crippen LogP contribution >= 0.6 is 0 Å². The number of fused-ring (bicyclic) bond motifs is 2. The largest absolute Gasteiger partial charge is 0.508 e. The zero-order valence-corrected chi connectivity index (χ0v) is 40.4. The number of hydrogen-bond acceptors (Lipinski definition) is 8. The van der Waals surface area contributed by atoms with Gasteiger partial charge in [0, 0.05) is 81.3 Å². The van der Waals surface area contributed by atoms with Crippen molar-refractivity contribution in [3.05, 3.63) is 251 Å². The van der Waals surface area contributed by atoms with Crippen molar-refractivity contribution in [1.82, 2.24) is 0 Å². The lowest BCUT2D eigenvalue weighted by Crippen LogP contribution is -2.32. The van der Waals surface area contributed by atoms with Crippen LogP contribution in [0.1, 0.15) is 72.2 Å². The van der Waals surface area contributed by atoms with E-state index in [2.05, 4.69) is 181 Å². The number of benzene rings is 8. The Morgan fingerprint density at radius 3 is 1.17 bits per heavy atom. The number of phenols is 2. The second-order valence-corrected chi connectivity index (χ2v) is 19.4. The van der Waals surface area contributed by atoms with Crippen molar-refractivity contribution in [3.8, 4) is 23.0 Å². The molecule has 2 aliphatic heterocycles. The molecule has 0 saturated heterocycles. The summed E-state index contributed by atoms with van der Waals surface area (Å²) in [5, 5.41) is 23.0. The first-order chi connectivity index (χ1) is 34.0. The van der Waals surface area contributed by atoms with Crippen LogP contribution in [0.2, 0.25) is 0 Å². The van der Waals surface area contributed by atoms with Gasteiger partial charge in [0.25, 0.3) is 0 Å². The van der Waals surface area contributed by atoms with Crippen molar-refractivity contribution >= 4 is 22.7 Å². The van der Waals surface area contributed by atoms with E-state index in [9.17, 15) is 10.2 Å². The molecule has 0 radical (unpaired) electrons. The van der Waals surface area contributed by atoms with Crippen LogP contribution in [-0.4, -0.2) is 23.7 Å². The topological polar surface area (TPSA) is 71.9 Å². The molecule has 8 aromatic rings. The van der Waals surface area contributed by atoms with E-state index in [0.29, 0.717) is 26.6 Å². The molecule has 0 aromatic heterocycles. The smallest absolute Gasteiger partial charge is 0.161 e. The zero-order valence-electron chi connectivity index (χ0n) is 40.4. The molecule has 0 spiro atoms. The number of anilines is 4. The van der Waals surface area contributed by atoms with E-state index in [-0.39, 0.29) is 22.3 Å². The second kappa shape index (κ2) is 19.5. The Hall–Kier alpha value is -8.10. The van der Waals surface area contributed by atoms with E-state index in [0.717, 1.165) is 80.7 Å². The highest BCUT2D eigenvalue weighted by molar-refractivity contribution is 5.58. The number of hydrogen-bond donors (Lipinski definition) is 2. The van der Waals surface area contributed by atoms with E-state index in [1.807, 2.05) is 72.8 Å². The van der Waals surface area contributed by atoms with Gasteiger partial charge in [-0.25, -0.2) is 0 Å². The lowest BCUT2D eigenvalue weighted by atomic mass is 9.77. The quantitative estimate of drug-likeness (QED) is 0.112. The maximum atomic E-state index is 11.5. The standard InChI is InChI=1S/C62H60N4O4/c1-61(2,51-27-31-59-47(37-51)41-65(43-69-59)55-21-13-7-14-22-55)49-25-29-57(67)45(35-49)39-63(53-17-9-5-10-18-53)33-34-64(54-19-11-6-12-20-54)40-46-36-50(26-30-58(46)68)62(3,4)52-28-32-60-48(38-52)42-66(44-70-60)56-23-15-8-16-24-56/h5-38,67-68H,39-44H2,1-4H3/b34-33+. The summed E-state index contributed by atoms with van der Waals surface area (Å²) in [7, 11) is 0. The first-order valence-electron chi connectivity index (χ1n) is 24.1. The van der Waals surface area contributed by atoms with Gasteiger partial charge in [-0.15, -0.1) is 0 Å². The SMILES string of the molecule is CC(C)(c1ccc(O)c(CN(/C=C/N(Cc2cc(C(C)(C)c3ccc4c(c3)CN(c3ccccc3)CO4)ccc2O)c2ccccc2)c2ccccc2)c1)c1ccc2c(c1)CN(c1ccccc1)CO2. The molecule has 352 valence electrons. The molecule has 8 nitrogen and oxygen atoms in total. The number of phenolic OH excluding ortho intramolecular Hbond substituents is 2. The van der Waals surface area contributed by atoms with Gasteiger partial charge in [-0.1, -0.05) is 125 Å². The van der Waals surface area contributed by atoms with Gasteiger partial charge >= 0.3 is 0 Å². The first-order valence-corrected chi connectivity index (χ1v) is 24.1. The molecule has 8 heteroatoms. The molecule has 0 bridgehead atoms. The summed E-state index contributed by atoms with van der Waals surface area (Å²) >= 11 is 0. The predicted molar refractivity (Wildman–Crippen MR) is 284 cm³/mol. The van der Waals surface area contributed by atoms with Crippen LogP contribution in [0, 0.1) is 0 Å². The van der Waals surface area contributed by atoms with Crippen molar-refractivity contribution < 1.29 is 19.7 Å². The number of ether oxygens (including phenoxy) is 2. The maximum absolute atomic E-state index is 11.5. The summed E-state index contributed by atoms with van der Waals surface area (Å²) < 4.78 is 12.4. The molecule has 70 heavy (non-hydrogen) atoms. The van der Waals surface area contributed by atoms with E-state index in [1.54, 1.807) is 0 Å². The minimum Gasteiger partial charge on any atom is -0.508 e. The summed E-state index contributed by atoms with van der Waals surface area (Å²) in [5.74, 6) is 2.29. The minimum atomic E-state index is -0.382. The Balaban J connectivity index is 0.921. The third-order valence-corrected chi connectivity index (χ3v) is 14.2. The number of nitrogens with zero attached hydrogens (tertiary/aromatic N) is 4. The normalized spacial score (nSPS) is 13.5. The molecular weight excluding hydrogens is 865 g/mol. The van der Waals surface area contributed by atoms with Crippen LogP contribution in [0.4, 0.5) is 22.7 Å². The van der Waals surface area contributed by atoms with Gasteiger partial charge in [0.15, 0.2) is 13.5 Å². The zero-order chi connectivity index (χ0) is 48.2. The van der Waals surface area contributed by atoms with Crippen molar-refractivity contribution in [3.63, 3.8) is 0 Å².